The third kappa shape index (κ3) is 5.71. The summed E-state index contributed by atoms with van der Waals surface area (Å²) in [5, 5.41) is 5.44. The number of sulfonamides is 1. The van der Waals surface area contributed by atoms with Crippen LogP contribution in [0.3, 0.4) is 0 Å². The lowest BCUT2D eigenvalue weighted by atomic mass is 10.0. The molecule has 2 N–H and O–H groups in total. The van der Waals surface area contributed by atoms with Gasteiger partial charge < -0.3 is 10.6 Å². The molecule has 2 aromatic carbocycles. The number of nitrogens with zero attached hydrogens (tertiary/aromatic N) is 1. The van der Waals surface area contributed by atoms with Gasteiger partial charge in [-0.3, -0.25) is 9.59 Å². The Labute approximate surface area is 183 Å². The fourth-order valence-electron chi connectivity index (χ4n) is 3.91. The number of carbonyl (C=O) groups excluding carboxylic acids is 2. The molecule has 0 saturated carbocycles. The molecular formula is C23H29N3O4S. The number of nitrogens with one attached hydrogen (secondary N) is 2. The fourth-order valence-corrected chi connectivity index (χ4v) is 5.79. The molecule has 3 rings (SSSR count). The molecule has 2 atom stereocenters. The van der Waals surface area contributed by atoms with E-state index in [0.717, 1.165) is 19.3 Å². The zero-order chi connectivity index (χ0) is 22.4. The molecule has 1 aliphatic heterocycles. The molecule has 31 heavy (non-hydrogen) atoms. The first-order valence-corrected chi connectivity index (χ1v) is 12.0. The van der Waals surface area contributed by atoms with Gasteiger partial charge in [-0.15, -0.1) is 0 Å². The summed E-state index contributed by atoms with van der Waals surface area (Å²) in [6.07, 6.45) is 2.86. The summed E-state index contributed by atoms with van der Waals surface area (Å²) < 4.78 is 27.7. The topological polar surface area (TPSA) is 95.6 Å². The van der Waals surface area contributed by atoms with Crippen molar-refractivity contribution in [3.05, 3.63) is 60.2 Å². The van der Waals surface area contributed by atoms with Gasteiger partial charge >= 0.3 is 0 Å². The highest BCUT2D eigenvalue weighted by molar-refractivity contribution is 7.89. The first kappa shape index (κ1) is 23.0. The van der Waals surface area contributed by atoms with Crippen LogP contribution in [-0.4, -0.2) is 43.2 Å². The molecule has 7 nitrogen and oxygen atoms in total. The Bertz CT molecular complexity index is 997. The molecule has 0 aliphatic carbocycles. The molecular weight excluding hydrogens is 414 g/mol. The molecule has 0 aromatic heterocycles. The van der Waals surface area contributed by atoms with E-state index in [1.54, 1.807) is 40.7 Å². The van der Waals surface area contributed by atoms with E-state index < -0.39 is 10.0 Å². The Morgan fingerprint density at radius 1 is 0.968 bits per heavy atom. The van der Waals surface area contributed by atoms with Crippen molar-refractivity contribution in [3.63, 3.8) is 0 Å². The lowest BCUT2D eigenvalue weighted by Gasteiger charge is -2.37. The number of piperidine rings is 1. The monoisotopic (exact) mass is 443 g/mol. The summed E-state index contributed by atoms with van der Waals surface area (Å²) >= 11 is 0. The number of hydrogen-bond acceptors (Lipinski definition) is 4. The molecule has 1 heterocycles. The molecule has 0 spiro atoms. The molecule has 0 bridgehead atoms. The van der Waals surface area contributed by atoms with Crippen LogP contribution in [0.1, 0.15) is 49.9 Å². The Kier molecular flexibility index (Phi) is 7.46. The molecule has 1 fully saturated rings. The molecule has 1 aliphatic rings. The van der Waals surface area contributed by atoms with Gasteiger partial charge in [-0.1, -0.05) is 24.6 Å². The number of rotatable bonds is 7. The van der Waals surface area contributed by atoms with Gasteiger partial charge in [0.2, 0.25) is 15.9 Å². The van der Waals surface area contributed by atoms with Crippen LogP contribution in [0.5, 0.6) is 0 Å². The second-order valence-electron chi connectivity index (χ2n) is 7.91. The third-order valence-corrected chi connectivity index (χ3v) is 7.64. The van der Waals surface area contributed by atoms with Gasteiger partial charge in [0.05, 0.1) is 4.90 Å². The summed E-state index contributed by atoms with van der Waals surface area (Å²) in [6.45, 7) is 4.09. The smallest absolute Gasteiger partial charge is 0.251 e. The van der Waals surface area contributed by atoms with Gasteiger partial charge in [0.15, 0.2) is 0 Å². The minimum Gasteiger partial charge on any atom is -0.352 e. The highest BCUT2D eigenvalue weighted by Gasteiger charge is 2.35. The van der Waals surface area contributed by atoms with E-state index in [1.807, 2.05) is 19.9 Å². The molecule has 8 heteroatoms. The zero-order valence-electron chi connectivity index (χ0n) is 17.9. The zero-order valence-corrected chi connectivity index (χ0v) is 18.7. The first-order chi connectivity index (χ1) is 14.8. The number of hydrogen-bond donors (Lipinski definition) is 2. The summed E-state index contributed by atoms with van der Waals surface area (Å²) in [6, 6.07) is 15.0. The maximum Gasteiger partial charge on any atom is 0.251 e. The normalized spacial score (nSPS) is 19.5. The van der Waals surface area contributed by atoms with Crippen LogP contribution in [-0.2, 0) is 14.8 Å². The minimum absolute atomic E-state index is 0.0285. The average Bonchev–Trinajstić information content (AvgIpc) is 2.74. The van der Waals surface area contributed by atoms with Crippen LogP contribution in [0, 0.1) is 0 Å². The summed E-state index contributed by atoms with van der Waals surface area (Å²) in [7, 11) is -3.58. The van der Waals surface area contributed by atoms with Gasteiger partial charge in [0.1, 0.15) is 0 Å². The van der Waals surface area contributed by atoms with E-state index in [1.165, 1.54) is 12.1 Å². The van der Waals surface area contributed by atoms with Crippen LogP contribution < -0.4 is 10.6 Å². The van der Waals surface area contributed by atoms with Crippen molar-refractivity contribution in [1.29, 1.82) is 0 Å². The quantitative estimate of drug-likeness (QED) is 0.686. The van der Waals surface area contributed by atoms with Crippen molar-refractivity contribution < 1.29 is 18.0 Å². The highest BCUT2D eigenvalue weighted by Crippen LogP contribution is 2.29. The minimum atomic E-state index is -3.58. The molecule has 2 amide bonds. The van der Waals surface area contributed by atoms with E-state index in [-0.39, 0.29) is 41.8 Å². The number of carbonyl (C=O) groups is 2. The number of anilines is 1. The van der Waals surface area contributed by atoms with Gasteiger partial charge in [-0.25, -0.2) is 8.42 Å². The predicted molar refractivity (Wildman–Crippen MR) is 120 cm³/mol. The van der Waals surface area contributed by atoms with Crippen LogP contribution >= 0.6 is 0 Å². The van der Waals surface area contributed by atoms with Gasteiger partial charge in [-0.05, 0) is 63.1 Å². The summed E-state index contributed by atoms with van der Waals surface area (Å²) in [4.78, 5) is 24.4. The van der Waals surface area contributed by atoms with E-state index in [4.69, 9.17) is 0 Å². The summed E-state index contributed by atoms with van der Waals surface area (Å²) in [5.74, 6) is -0.494. The Morgan fingerprint density at radius 3 is 2.19 bits per heavy atom. The van der Waals surface area contributed by atoms with Crippen molar-refractivity contribution in [2.45, 2.75) is 56.5 Å². The van der Waals surface area contributed by atoms with Gasteiger partial charge in [0, 0.05) is 36.3 Å². The standard InChI is InChI=1S/C23H29N3O4S/c1-17-7-6-8-18(2)26(17)31(29,30)21-13-11-20(12-14-21)25-22(27)15-16-24-23(28)19-9-4-3-5-10-19/h3-5,9-14,17-18H,6-8,15-16H2,1-2H3,(H,24,28)(H,25,27). The third-order valence-electron chi connectivity index (χ3n) is 5.50. The second-order valence-corrected chi connectivity index (χ2v) is 9.75. The number of benzene rings is 2. The summed E-state index contributed by atoms with van der Waals surface area (Å²) in [5.41, 5.74) is 1.05. The Morgan fingerprint density at radius 2 is 1.58 bits per heavy atom. The van der Waals surface area contributed by atoms with E-state index in [2.05, 4.69) is 10.6 Å². The molecule has 2 aromatic rings. The van der Waals surface area contributed by atoms with E-state index in [9.17, 15) is 18.0 Å². The molecule has 2 unspecified atom stereocenters. The Balaban J connectivity index is 1.54. The molecule has 1 saturated heterocycles. The van der Waals surface area contributed by atoms with Crippen molar-refractivity contribution in [2.24, 2.45) is 0 Å². The lowest BCUT2D eigenvalue weighted by Crippen LogP contribution is -2.47. The SMILES string of the molecule is CC1CCCC(C)N1S(=O)(=O)c1ccc(NC(=O)CCNC(=O)c2ccccc2)cc1. The van der Waals surface area contributed by atoms with Crippen molar-refractivity contribution >= 4 is 27.5 Å². The predicted octanol–water partition coefficient (Wildman–Crippen LogP) is 3.40. The van der Waals surface area contributed by atoms with Crippen molar-refractivity contribution in [3.8, 4) is 0 Å². The van der Waals surface area contributed by atoms with E-state index in [0.29, 0.717) is 11.3 Å². The van der Waals surface area contributed by atoms with E-state index >= 15 is 0 Å². The van der Waals surface area contributed by atoms with Crippen LogP contribution in [0.4, 0.5) is 5.69 Å². The lowest BCUT2D eigenvalue weighted by molar-refractivity contribution is -0.116. The van der Waals surface area contributed by atoms with Gasteiger partial charge in [-0.2, -0.15) is 4.31 Å². The first-order valence-electron chi connectivity index (χ1n) is 10.6. The highest BCUT2D eigenvalue weighted by atomic mass is 32.2. The second kappa shape index (κ2) is 10.1. The van der Waals surface area contributed by atoms with Crippen LogP contribution in [0.15, 0.2) is 59.5 Å². The van der Waals surface area contributed by atoms with Crippen molar-refractivity contribution in [2.75, 3.05) is 11.9 Å². The van der Waals surface area contributed by atoms with Crippen LogP contribution in [0.25, 0.3) is 0 Å². The number of amides is 2. The van der Waals surface area contributed by atoms with Gasteiger partial charge in [0.25, 0.3) is 5.91 Å². The molecule has 166 valence electrons. The largest absolute Gasteiger partial charge is 0.352 e. The maximum absolute atomic E-state index is 13.1. The Hall–Kier alpha value is -2.71. The fraction of sp³-hybridized carbons (Fsp3) is 0.391. The average molecular weight is 444 g/mol. The maximum atomic E-state index is 13.1. The van der Waals surface area contributed by atoms with Crippen LogP contribution in [0.2, 0.25) is 0 Å². The molecule has 0 radical (unpaired) electrons. The van der Waals surface area contributed by atoms with Crippen molar-refractivity contribution in [1.82, 2.24) is 9.62 Å².